The van der Waals surface area contributed by atoms with Gasteiger partial charge in [-0.1, -0.05) is 0 Å². The topological polar surface area (TPSA) is 53.9 Å². The van der Waals surface area contributed by atoms with Gasteiger partial charge in [0, 0.05) is 24.0 Å². The summed E-state index contributed by atoms with van der Waals surface area (Å²) in [7, 11) is 3.93. The van der Waals surface area contributed by atoms with Gasteiger partial charge in [-0.25, -0.2) is 4.68 Å². The van der Waals surface area contributed by atoms with Crippen molar-refractivity contribution in [3.63, 3.8) is 0 Å². The van der Waals surface area contributed by atoms with Crippen LogP contribution < -0.4 is 5.56 Å². The summed E-state index contributed by atoms with van der Waals surface area (Å²) >= 11 is 0. The number of pyridine rings is 1. The van der Waals surface area contributed by atoms with Crippen molar-refractivity contribution in [2.45, 2.75) is 33.9 Å². The number of aromatic amines is 1. The van der Waals surface area contributed by atoms with E-state index in [1.807, 2.05) is 44.4 Å². The van der Waals surface area contributed by atoms with Gasteiger partial charge in [0.2, 0.25) is 0 Å². The number of aromatic nitrogens is 3. The fraction of sp³-hybridized carbons (Fsp3) is 0.538. The molecule has 0 amide bonds. The van der Waals surface area contributed by atoms with Gasteiger partial charge in [0.25, 0.3) is 5.56 Å². The smallest absolute Gasteiger partial charge is 0.254 e. The standard InChI is InChI=1S/C13H20N4O.ClH/c1-6-17-12-11(9(3)15-17)8(2)10(7-16(4)5)13(18)14-12;/h6-7H2,1-5H3,(H,14,18);1H. The lowest BCUT2D eigenvalue weighted by molar-refractivity contribution is 0.399. The maximum Gasteiger partial charge on any atom is 0.254 e. The van der Waals surface area contributed by atoms with Crippen molar-refractivity contribution >= 4 is 23.4 Å². The number of hydrogen-bond acceptors (Lipinski definition) is 3. The summed E-state index contributed by atoms with van der Waals surface area (Å²) in [6.45, 7) is 7.41. The third kappa shape index (κ3) is 2.67. The van der Waals surface area contributed by atoms with Gasteiger partial charge in [-0.05, 0) is 40.4 Å². The van der Waals surface area contributed by atoms with Crippen LogP contribution in [-0.4, -0.2) is 33.8 Å². The van der Waals surface area contributed by atoms with E-state index in [-0.39, 0.29) is 18.0 Å². The summed E-state index contributed by atoms with van der Waals surface area (Å²) in [5.41, 5.74) is 3.66. The Morgan fingerprint density at radius 2 is 1.95 bits per heavy atom. The van der Waals surface area contributed by atoms with Crippen molar-refractivity contribution in [1.82, 2.24) is 19.7 Å². The quantitative estimate of drug-likeness (QED) is 0.936. The van der Waals surface area contributed by atoms with E-state index in [0.717, 1.165) is 34.4 Å². The molecular formula is C13H21ClN4O. The van der Waals surface area contributed by atoms with E-state index in [0.29, 0.717) is 6.54 Å². The second-order valence-corrected chi connectivity index (χ2v) is 4.92. The van der Waals surface area contributed by atoms with E-state index in [9.17, 15) is 4.79 Å². The number of hydrogen-bond donors (Lipinski definition) is 1. The maximum absolute atomic E-state index is 12.1. The van der Waals surface area contributed by atoms with Crippen LogP contribution in [0.2, 0.25) is 0 Å². The predicted octanol–water partition coefficient (Wildman–Crippen LogP) is 1.84. The van der Waals surface area contributed by atoms with Gasteiger partial charge in [-0.3, -0.25) is 4.79 Å². The highest BCUT2D eigenvalue weighted by atomic mass is 35.5. The average molecular weight is 285 g/mol. The van der Waals surface area contributed by atoms with Crippen LogP contribution in [0.25, 0.3) is 11.0 Å². The first kappa shape index (κ1) is 15.7. The Bertz CT molecular complexity index is 642. The largest absolute Gasteiger partial charge is 0.306 e. The molecule has 6 heteroatoms. The summed E-state index contributed by atoms with van der Waals surface area (Å²) in [4.78, 5) is 17.1. The first-order valence-corrected chi connectivity index (χ1v) is 6.19. The van der Waals surface area contributed by atoms with Crippen LogP contribution in [0.15, 0.2) is 4.79 Å². The van der Waals surface area contributed by atoms with Crippen LogP contribution in [0.5, 0.6) is 0 Å². The van der Waals surface area contributed by atoms with E-state index < -0.39 is 0 Å². The van der Waals surface area contributed by atoms with Crippen molar-refractivity contribution in [2.24, 2.45) is 0 Å². The number of nitrogens with one attached hydrogen (secondary N) is 1. The van der Waals surface area contributed by atoms with Crippen LogP contribution in [0.3, 0.4) is 0 Å². The predicted molar refractivity (Wildman–Crippen MR) is 80.1 cm³/mol. The van der Waals surface area contributed by atoms with E-state index in [2.05, 4.69) is 10.1 Å². The molecule has 0 radical (unpaired) electrons. The van der Waals surface area contributed by atoms with Gasteiger partial charge >= 0.3 is 0 Å². The molecule has 0 fully saturated rings. The van der Waals surface area contributed by atoms with E-state index in [1.165, 1.54) is 0 Å². The molecule has 2 rings (SSSR count). The highest BCUT2D eigenvalue weighted by molar-refractivity contribution is 5.85. The lowest BCUT2D eigenvalue weighted by atomic mass is 10.1. The molecule has 0 unspecified atom stereocenters. The van der Waals surface area contributed by atoms with Gasteiger partial charge in [0.1, 0.15) is 5.65 Å². The van der Waals surface area contributed by atoms with Gasteiger partial charge in [-0.15, -0.1) is 12.4 Å². The number of nitrogens with zero attached hydrogens (tertiary/aromatic N) is 3. The molecular weight excluding hydrogens is 264 g/mol. The number of halogens is 1. The zero-order valence-electron chi connectivity index (χ0n) is 12.1. The Balaban J connectivity index is 0.00000180. The second-order valence-electron chi connectivity index (χ2n) is 4.92. The SMILES string of the molecule is CCn1nc(C)c2c(C)c(CN(C)C)c(=O)[nH]c21.Cl. The number of aryl methyl sites for hydroxylation is 3. The first-order chi connectivity index (χ1) is 8.45. The molecule has 0 saturated carbocycles. The maximum atomic E-state index is 12.1. The van der Waals surface area contributed by atoms with Crippen LogP contribution in [-0.2, 0) is 13.1 Å². The molecule has 0 aliphatic carbocycles. The third-order valence-electron chi connectivity index (χ3n) is 3.23. The van der Waals surface area contributed by atoms with Crippen molar-refractivity contribution in [1.29, 1.82) is 0 Å². The van der Waals surface area contributed by atoms with Crippen LogP contribution in [0, 0.1) is 13.8 Å². The van der Waals surface area contributed by atoms with E-state index in [1.54, 1.807) is 0 Å². The van der Waals surface area contributed by atoms with E-state index >= 15 is 0 Å². The van der Waals surface area contributed by atoms with Crippen LogP contribution in [0.1, 0.15) is 23.7 Å². The normalized spacial score (nSPS) is 11.1. The van der Waals surface area contributed by atoms with Gasteiger partial charge in [-0.2, -0.15) is 5.10 Å². The monoisotopic (exact) mass is 284 g/mol. The minimum atomic E-state index is -0.0108. The molecule has 1 N–H and O–H groups in total. The summed E-state index contributed by atoms with van der Waals surface area (Å²) in [5, 5.41) is 5.54. The Labute approximate surface area is 119 Å². The third-order valence-corrected chi connectivity index (χ3v) is 3.23. The van der Waals surface area contributed by atoms with Crippen molar-refractivity contribution < 1.29 is 0 Å². The zero-order chi connectivity index (χ0) is 13.4. The molecule has 2 heterocycles. The highest BCUT2D eigenvalue weighted by Gasteiger charge is 2.15. The van der Waals surface area contributed by atoms with Gasteiger partial charge in [0.15, 0.2) is 0 Å². The van der Waals surface area contributed by atoms with Gasteiger partial charge < -0.3 is 9.88 Å². The number of rotatable bonds is 3. The summed E-state index contributed by atoms with van der Waals surface area (Å²) in [6, 6.07) is 0. The molecule has 0 saturated heterocycles. The molecule has 2 aromatic heterocycles. The molecule has 0 aromatic carbocycles. The Hall–Kier alpha value is -1.33. The lowest BCUT2D eigenvalue weighted by Crippen LogP contribution is -2.22. The fourth-order valence-corrected chi connectivity index (χ4v) is 2.40. The second kappa shape index (κ2) is 5.75. The molecule has 0 atom stereocenters. The fourth-order valence-electron chi connectivity index (χ4n) is 2.40. The van der Waals surface area contributed by atoms with Crippen LogP contribution >= 0.6 is 12.4 Å². The first-order valence-electron chi connectivity index (χ1n) is 6.19. The Kier molecular flexibility index (Phi) is 4.76. The molecule has 0 spiro atoms. The molecule has 0 aliphatic rings. The average Bonchev–Trinajstić information content (AvgIpc) is 2.60. The van der Waals surface area contributed by atoms with Crippen molar-refractivity contribution in [3.8, 4) is 0 Å². The molecule has 19 heavy (non-hydrogen) atoms. The molecule has 0 aliphatic heterocycles. The van der Waals surface area contributed by atoms with Gasteiger partial charge in [0.05, 0.1) is 5.69 Å². The molecule has 5 nitrogen and oxygen atoms in total. The van der Waals surface area contributed by atoms with Crippen molar-refractivity contribution in [3.05, 3.63) is 27.2 Å². The summed E-state index contributed by atoms with van der Waals surface area (Å²) in [5.74, 6) is 0. The molecule has 106 valence electrons. The summed E-state index contributed by atoms with van der Waals surface area (Å²) < 4.78 is 1.85. The highest BCUT2D eigenvalue weighted by Crippen LogP contribution is 2.21. The zero-order valence-corrected chi connectivity index (χ0v) is 12.9. The summed E-state index contributed by atoms with van der Waals surface area (Å²) in [6.07, 6.45) is 0. The Morgan fingerprint density at radius 3 is 2.47 bits per heavy atom. The molecule has 0 bridgehead atoms. The van der Waals surface area contributed by atoms with E-state index in [4.69, 9.17) is 0 Å². The molecule has 2 aromatic rings. The minimum Gasteiger partial charge on any atom is -0.306 e. The number of H-pyrrole nitrogens is 1. The number of fused-ring (bicyclic) bond motifs is 1. The van der Waals surface area contributed by atoms with Crippen molar-refractivity contribution in [2.75, 3.05) is 14.1 Å². The Morgan fingerprint density at radius 1 is 1.32 bits per heavy atom. The lowest BCUT2D eigenvalue weighted by Gasteiger charge is -2.12. The minimum absolute atomic E-state index is 0. The van der Waals surface area contributed by atoms with Crippen LogP contribution in [0.4, 0.5) is 0 Å².